The van der Waals surface area contributed by atoms with Gasteiger partial charge >= 0.3 is 13.5 Å². The molecule has 0 aliphatic carbocycles. The fourth-order valence-corrected chi connectivity index (χ4v) is 2.62. The number of carbonyl (C=O) groups is 2. The second kappa shape index (κ2) is 7.70. The first-order chi connectivity index (χ1) is 11.3. The van der Waals surface area contributed by atoms with Crippen molar-refractivity contribution in [3.05, 3.63) is 29.3 Å². The molecule has 1 aromatic rings. The molecule has 1 atom stereocenters. The van der Waals surface area contributed by atoms with Crippen LogP contribution >= 0.6 is 0 Å². The number of sulfone groups is 1. The number of para-hydroxylation sites is 1. The molecule has 1 radical (unpaired) electrons. The lowest BCUT2D eigenvalue weighted by Crippen LogP contribution is -2.45. The third kappa shape index (κ3) is 4.99. The fourth-order valence-electron chi connectivity index (χ4n) is 2.24. The summed E-state index contributed by atoms with van der Waals surface area (Å²) >= 11 is 0. The van der Waals surface area contributed by atoms with Crippen LogP contribution in [0.4, 0.5) is 0 Å². The van der Waals surface area contributed by atoms with E-state index in [4.69, 9.17) is 9.39 Å². The molecule has 24 heavy (non-hydrogen) atoms. The molecular formula is C15H19BNO6S. The van der Waals surface area contributed by atoms with Gasteiger partial charge in [-0.2, -0.15) is 0 Å². The molecule has 0 fully saturated rings. The SMILES string of the molecule is CCC(=O)N[C@@H]1[B]Oc2c(cccc2C(=O)OCCS(C)(=O)=O)C1. The van der Waals surface area contributed by atoms with Gasteiger partial charge < -0.3 is 14.7 Å². The highest BCUT2D eigenvalue weighted by molar-refractivity contribution is 7.90. The van der Waals surface area contributed by atoms with Crippen molar-refractivity contribution in [2.45, 2.75) is 25.7 Å². The largest absolute Gasteiger partial charge is 0.560 e. The van der Waals surface area contributed by atoms with Crippen molar-refractivity contribution in [3.8, 4) is 5.75 Å². The highest BCUT2D eigenvalue weighted by Gasteiger charge is 2.27. The van der Waals surface area contributed by atoms with Crippen LogP contribution in [0.5, 0.6) is 5.75 Å². The lowest BCUT2D eigenvalue weighted by molar-refractivity contribution is -0.121. The molecule has 2 rings (SSSR count). The average Bonchev–Trinajstić information content (AvgIpc) is 2.52. The van der Waals surface area contributed by atoms with E-state index in [1.165, 1.54) is 7.48 Å². The summed E-state index contributed by atoms with van der Waals surface area (Å²) in [6, 6.07) is 5.06. The Labute approximate surface area is 141 Å². The summed E-state index contributed by atoms with van der Waals surface area (Å²) < 4.78 is 32.7. The van der Waals surface area contributed by atoms with Gasteiger partial charge in [0.05, 0.1) is 5.75 Å². The quantitative estimate of drug-likeness (QED) is 0.584. The van der Waals surface area contributed by atoms with Crippen LogP contribution in [0.25, 0.3) is 0 Å². The van der Waals surface area contributed by atoms with Crippen molar-refractivity contribution in [1.82, 2.24) is 5.32 Å². The van der Waals surface area contributed by atoms with E-state index < -0.39 is 15.8 Å². The number of ether oxygens (including phenoxy) is 1. The van der Waals surface area contributed by atoms with Crippen LogP contribution < -0.4 is 9.97 Å². The van der Waals surface area contributed by atoms with Crippen LogP contribution in [0.15, 0.2) is 18.2 Å². The Kier molecular flexibility index (Phi) is 5.87. The minimum atomic E-state index is -3.20. The summed E-state index contributed by atoms with van der Waals surface area (Å²) in [5, 5.41) is 2.81. The number of fused-ring (bicyclic) bond motifs is 1. The maximum Gasteiger partial charge on any atom is 0.394 e. The highest BCUT2D eigenvalue weighted by atomic mass is 32.2. The molecule has 0 aromatic heterocycles. The zero-order chi connectivity index (χ0) is 17.7. The third-order valence-corrected chi connectivity index (χ3v) is 4.37. The van der Waals surface area contributed by atoms with Gasteiger partial charge in [-0.05, 0) is 18.1 Å². The van der Waals surface area contributed by atoms with Crippen molar-refractivity contribution < 1.29 is 27.4 Å². The minimum Gasteiger partial charge on any atom is -0.560 e. The molecular weight excluding hydrogens is 333 g/mol. The standard InChI is InChI=1S/C15H19BNO6S/c1-3-13(18)17-12-9-10-5-4-6-11(14(10)23-16-12)15(19)22-7-8-24(2,20)21/h4-6,12H,3,7-9H2,1-2H3,(H,17,18)/t12-/m0/s1. The smallest absolute Gasteiger partial charge is 0.394 e. The molecule has 0 saturated carbocycles. The van der Waals surface area contributed by atoms with Crippen LogP contribution in [0.2, 0.25) is 0 Å². The molecule has 0 saturated heterocycles. The zero-order valence-corrected chi connectivity index (χ0v) is 14.4. The van der Waals surface area contributed by atoms with E-state index in [0.717, 1.165) is 11.8 Å². The Balaban J connectivity index is 2.05. The van der Waals surface area contributed by atoms with E-state index in [9.17, 15) is 18.0 Å². The second-order valence-electron chi connectivity index (χ2n) is 5.55. The molecule has 1 aliphatic heterocycles. The van der Waals surface area contributed by atoms with E-state index in [0.29, 0.717) is 18.6 Å². The lowest BCUT2D eigenvalue weighted by Gasteiger charge is -2.26. The number of hydrogen-bond acceptors (Lipinski definition) is 6. The Morgan fingerprint density at radius 1 is 1.42 bits per heavy atom. The molecule has 1 N–H and O–H groups in total. The number of nitrogens with one attached hydrogen (secondary N) is 1. The Bertz CT molecular complexity index is 733. The molecule has 1 heterocycles. The van der Waals surface area contributed by atoms with E-state index in [-0.39, 0.29) is 29.8 Å². The average molecular weight is 352 g/mol. The van der Waals surface area contributed by atoms with Gasteiger partial charge in [-0.1, -0.05) is 19.1 Å². The van der Waals surface area contributed by atoms with Crippen LogP contribution in [-0.4, -0.2) is 52.3 Å². The Morgan fingerprint density at radius 3 is 2.83 bits per heavy atom. The van der Waals surface area contributed by atoms with Crippen LogP contribution in [0.1, 0.15) is 29.3 Å². The van der Waals surface area contributed by atoms with Gasteiger partial charge in [0.15, 0.2) is 9.84 Å². The summed E-state index contributed by atoms with van der Waals surface area (Å²) in [4.78, 5) is 23.6. The van der Waals surface area contributed by atoms with Crippen LogP contribution in [-0.2, 0) is 25.8 Å². The predicted molar refractivity (Wildman–Crippen MR) is 88.7 cm³/mol. The van der Waals surface area contributed by atoms with Gasteiger partial charge in [-0.3, -0.25) is 4.79 Å². The normalized spacial score (nSPS) is 16.3. The predicted octanol–water partition coefficient (Wildman–Crippen LogP) is 0.294. The third-order valence-electron chi connectivity index (χ3n) is 3.46. The van der Waals surface area contributed by atoms with E-state index >= 15 is 0 Å². The van der Waals surface area contributed by atoms with Crippen molar-refractivity contribution in [3.63, 3.8) is 0 Å². The first-order valence-electron chi connectivity index (χ1n) is 7.56. The number of rotatable bonds is 6. The summed E-state index contributed by atoms with van der Waals surface area (Å²) in [5.74, 6) is -0.837. The van der Waals surface area contributed by atoms with Crippen molar-refractivity contribution in [2.24, 2.45) is 0 Å². The molecule has 7 nitrogen and oxygen atoms in total. The number of hydrogen-bond donors (Lipinski definition) is 1. The van der Waals surface area contributed by atoms with Gasteiger partial charge in [0.25, 0.3) is 0 Å². The number of carbonyl (C=O) groups excluding carboxylic acids is 2. The highest BCUT2D eigenvalue weighted by Crippen LogP contribution is 2.29. The minimum absolute atomic E-state index is 0.0837. The molecule has 0 bridgehead atoms. The Morgan fingerprint density at radius 2 is 2.17 bits per heavy atom. The molecule has 1 aromatic carbocycles. The summed E-state index contributed by atoms with van der Waals surface area (Å²) in [7, 11) is -1.72. The molecule has 1 amide bonds. The van der Waals surface area contributed by atoms with E-state index in [1.54, 1.807) is 25.1 Å². The first-order valence-corrected chi connectivity index (χ1v) is 9.62. The first kappa shape index (κ1) is 18.3. The van der Waals surface area contributed by atoms with Gasteiger partial charge in [0, 0.05) is 18.6 Å². The van der Waals surface area contributed by atoms with Gasteiger partial charge in [-0.25, -0.2) is 13.2 Å². The maximum absolute atomic E-state index is 12.1. The van der Waals surface area contributed by atoms with E-state index in [1.807, 2.05) is 0 Å². The molecule has 129 valence electrons. The number of benzene rings is 1. The van der Waals surface area contributed by atoms with Crippen molar-refractivity contribution in [2.75, 3.05) is 18.6 Å². The summed E-state index contributed by atoms with van der Waals surface area (Å²) in [6.07, 6.45) is 1.96. The van der Waals surface area contributed by atoms with Crippen molar-refractivity contribution >= 4 is 29.2 Å². The van der Waals surface area contributed by atoms with Gasteiger partial charge in [-0.15, -0.1) is 0 Å². The monoisotopic (exact) mass is 352 g/mol. The second-order valence-corrected chi connectivity index (χ2v) is 7.80. The maximum atomic E-state index is 12.1. The molecule has 0 unspecified atom stereocenters. The fraction of sp³-hybridized carbons (Fsp3) is 0.467. The molecule has 9 heteroatoms. The lowest BCUT2D eigenvalue weighted by atomic mass is 9.79. The zero-order valence-electron chi connectivity index (χ0n) is 13.6. The summed E-state index contributed by atoms with van der Waals surface area (Å²) in [5.41, 5.74) is 1.01. The topological polar surface area (TPSA) is 98.8 Å². The van der Waals surface area contributed by atoms with Crippen LogP contribution in [0, 0.1) is 0 Å². The van der Waals surface area contributed by atoms with Gasteiger partial charge in [0.1, 0.15) is 17.9 Å². The Hall–Kier alpha value is -2.03. The van der Waals surface area contributed by atoms with Crippen molar-refractivity contribution in [1.29, 1.82) is 0 Å². The number of esters is 1. The molecule has 1 aliphatic rings. The van der Waals surface area contributed by atoms with Gasteiger partial charge in [0.2, 0.25) is 5.91 Å². The van der Waals surface area contributed by atoms with E-state index in [2.05, 4.69) is 5.32 Å². The van der Waals surface area contributed by atoms with Crippen LogP contribution in [0.3, 0.4) is 0 Å². The summed E-state index contributed by atoms with van der Waals surface area (Å²) in [6.45, 7) is 1.55. The molecule has 0 spiro atoms. The number of amides is 1.